The van der Waals surface area contributed by atoms with Gasteiger partial charge in [0.05, 0.1) is 11.6 Å². The van der Waals surface area contributed by atoms with Crippen molar-refractivity contribution in [1.29, 1.82) is 0 Å². The molecule has 2 heterocycles. The van der Waals surface area contributed by atoms with Gasteiger partial charge < -0.3 is 16.2 Å². The Balaban J connectivity index is 2.29. The Morgan fingerprint density at radius 2 is 1.83 bits per heavy atom. The van der Waals surface area contributed by atoms with E-state index in [2.05, 4.69) is 33.0 Å². The predicted octanol–water partition coefficient (Wildman–Crippen LogP) is 2.42. The molecule has 0 aliphatic carbocycles. The summed E-state index contributed by atoms with van der Waals surface area (Å²) in [5.41, 5.74) is 6.30. The van der Waals surface area contributed by atoms with Crippen LogP contribution in [0.3, 0.4) is 0 Å². The van der Waals surface area contributed by atoms with Gasteiger partial charge in [-0.05, 0) is 62.9 Å². The summed E-state index contributed by atoms with van der Waals surface area (Å²) in [5, 5.41) is 18.6. The van der Waals surface area contributed by atoms with Crippen LogP contribution in [0.15, 0.2) is 16.8 Å². The van der Waals surface area contributed by atoms with E-state index in [9.17, 15) is 5.11 Å². The highest BCUT2D eigenvalue weighted by atomic mass is 32.1. The highest BCUT2D eigenvalue weighted by molar-refractivity contribution is 7.07. The Kier molecular flexibility index (Phi) is 3.35. The maximum absolute atomic E-state index is 11.0. The minimum atomic E-state index is -0.848. The Hall–Kier alpha value is -0.420. The van der Waals surface area contributed by atoms with Crippen LogP contribution < -0.4 is 11.1 Å². The van der Waals surface area contributed by atoms with Gasteiger partial charge in [0.1, 0.15) is 0 Å². The van der Waals surface area contributed by atoms with Gasteiger partial charge in [0.25, 0.3) is 0 Å². The smallest absolute Gasteiger partial charge is 0.0874 e. The largest absolute Gasteiger partial charge is 0.388 e. The monoisotopic (exact) mass is 268 g/mol. The van der Waals surface area contributed by atoms with Gasteiger partial charge in [-0.1, -0.05) is 0 Å². The molecule has 0 radical (unpaired) electrons. The minimum Gasteiger partial charge on any atom is -0.388 e. The Morgan fingerprint density at radius 1 is 1.28 bits per heavy atom. The van der Waals surface area contributed by atoms with Gasteiger partial charge in [-0.25, -0.2) is 0 Å². The van der Waals surface area contributed by atoms with Crippen molar-refractivity contribution < 1.29 is 5.11 Å². The number of thiophene rings is 1. The molecule has 1 unspecified atom stereocenters. The lowest BCUT2D eigenvalue weighted by Crippen LogP contribution is -2.65. The van der Waals surface area contributed by atoms with Crippen LogP contribution >= 0.6 is 11.3 Å². The van der Waals surface area contributed by atoms with Gasteiger partial charge >= 0.3 is 0 Å². The van der Waals surface area contributed by atoms with Crippen LogP contribution in [0, 0.1) is 0 Å². The average molecular weight is 268 g/mol. The van der Waals surface area contributed by atoms with Gasteiger partial charge in [-0.3, -0.25) is 0 Å². The first kappa shape index (κ1) is 14.0. The second-order valence-corrected chi connectivity index (χ2v) is 7.66. The van der Waals surface area contributed by atoms with Crippen LogP contribution in [-0.4, -0.2) is 21.8 Å². The van der Waals surface area contributed by atoms with Crippen molar-refractivity contribution in [3.05, 3.63) is 22.4 Å². The van der Waals surface area contributed by atoms with Crippen LogP contribution in [-0.2, 0) is 0 Å². The lowest BCUT2D eigenvalue weighted by atomic mass is 9.69. The van der Waals surface area contributed by atoms with Gasteiger partial charge in [0.2, 0.25) is 0 Å². The van der Waals surface area contributed by atoms with Crippen molar-refractivity contribution in [2.45, 2.75) is 63.3 Å². The first-order valence-electron chi connectivity index (χ1n) is 6.43. The zero-order valence-corrected chi connectivity index (χ0v) is 12.5. The summed E-state index contributed by atoms with van der Waals surface area (Å²) in [4.78, 5) is 0. The number of hydrogen-bond donors (Lipinski definition) is 3. The lowest BCUT2D eigenvalue weighted by Gasteiger charge is -2.52. The van der Waals surface area contributed by atoms with Crippen molar-refractivity contribution in [2.24, 2.45) is 5.73 Å². The SMILES string of the molecule is CC1(C)CC(O)(C(N)c2ccsc2)CC(C)(C)N1. The van der Waals surface area contributed by atoms with E-state index in [4.69, 9.17) is 5.73 Å². The Labute approximate surface area is 113 Å². The minimum absolute atomic E-state index is 0.107. The first-order valence-corrected chi connectivity index (χ1v) is 7.37. The zero-order valence-electron chi connectivity index (χ0n) is 11.7. The van der Waals surface area contributed by atoms with Crippen molar-refractivity contribution in [1.82, 2.24) is 5.32 Å². The second-order valence-electron chi connectivity index (χ2n) is 6.88. The summed E-state index contributed by atoms with van der Waals surface area (Å²) >= 11 is 1.62. The van der Waals surface area contributed by atoms with Gasteiger partial charge in [0, 0.05) is 11.1 Å². The van der Waals surface area contributed by atoms with Crippen molar-refractivity contribution in [2.75, 3.05) is 0 Å². The molecule has 1 aliphatic rings. The van der Waals surface area contributed by atoms with E-state index in [0.717, 1.165) is 5.56 Å². The molecule has 2 rings (SSSR count). The lowest BCUT2D eigenvalue weighted by molar-refractivity contribution is -0.0742. The molecule has 1 aromatic heterocycles. The molecule has 1 saturated heterocycles. The van der Waals surface area contributed by atoms with Crippen LogP contribution in [0.25, 0.3) is 0 Å². The molecule has 0 bridgehead atoms. The van der Waals surface area contributed by atoms with E-state index in [1.807, 2.05) is 16.8 Å². The molecule has 0 saturated carbocycles. The third-order valence-corrected chi connectivity index (χ3v) is 4.36. The van der Waals surface area contributed by atoms with Gasteiger partial charge in [0.15, 0.2) is 0 Å². The summed E-state index contributed by atoms with van der Waals surface area (Å²) in [6.07, 6.45) is 1.33. The van der Waals surface area contributed by atoms with Crippen LogP contribution in [0.4, 0.5) is 0 Å². The zero-order chi connectivity index (χ0) is 13.6. The molecule has 3 nitrogen and oxygen atoms in total. The van der Waals surface area contributed by atoms with E-state index in [0.29, 0.717) is 12.8 Å². The number of piperidine rings is 1. The molecule has 0 aromatic carbocycles. The van der Waals surface area contributed by atoms with E-state index in [1.165, 1.54) is 0 Å². The number of rotatable bonds is 2. The summed E-state index contributed by atoms with van der Waals surface area (Å²) in [6, 6.07) is 1.69. The molecule has 4 heteroatoms. The quantitative estimate of drug-likeness (QED) is 0.772. The van der Waals surface area contributed by atoms with Gasteiger partial charge in [-0.15, -0.1) is 0 Å². The van der Waals surface area contributed by atoms with Crippen LogP contribution in [0.2, 0.25) is 0 Å². The fourth-order valence-corrected chi connectivity index (χ4v) is 4.28. The Morgan fingerprint density at radius 3 is 2.28 bits per heavy atom. The number of nitrogens with one attached hydrogen (secondary N) is 1. The maximum Gasteiger partial charge on any atom is 0.0874 e. The summed E-state index contributed by atoms with van der Waals surface area (Å²) in [6.45, 7) is 8.50. The first-order chi connectivity index (χ1) is 8.14. The van der Waals surface area contributed by atoms with E-state index in [1.54, 1.807) is 11.3 Å². The average Bonchev–Trinajstić information content (AvgIpc) is 2.62. The maximum atomic E-state index is 11.0. The van der Waals surface area contributed by atoms with Crippen LogP contribution in [0.5, 0.6) is 0 Å². The molecule has 0 amide bonds. The number of nitrogens with two attached hydrogens (primary N) is 1. The molecular weight excluding hydrogens is 244 g/mol. The second kappa shape index (κ2) is 4.30. The molecular formula is C14H24N2OS. The standard InChI is InChI=1S/C14H24N2OS/c1-12(2)8-14(17,9-13(3,4)16-12)11(15)10-5-6-18-7-10/h5-7,11,16-17H,8-9,15H2,1-4H3. The van der Waals surface area contributed by atoms with E-state index in [-0.39, 0.29) is 17.1 Å². The molecule has 1 fully saturated rings. The van der Waals surface area contributed by atoms with Crippen molar-refractivity contribution in [3.63, 3.8) is 0 Å². The molecule has 18 heavy (non-hydrogen) atoms. The summed E-state index contributed by atoms with van der Waals surface area (Å²) in [5.74, 6) is 0. The van der Waals surface area contributed by atoms with Crippen LogP contribution in [0.1, 0.15) is 52.1 Å². The van der Waals surface area contributed by atoms with E-state index < -0.39 is 5.60 Å². The van der Waals surface area contributed by atoms with Crippen molar-refractivity contribution >= 4 is 11.3 Å². The molecule has 0 spiro atoms. The highest BCUT2D eigenvalue weighted by Crippen LogP contribution is 2.42. The fourth-order valence-electron chi connectivity index (χ4n) is 3.58. The third kappa shape index (κ3) is 2.77. The molecule has 1 atom stereocenters. The van der Waals surface area contributed by atoms with Gasteiger partial charge in [-0.2, -0.15) is 11.3 Å². The summed E-state index contributed by atoms with van der Waals surface area (Å²) in [7, 11) is 0. The summed E-state index contributed by atoms with van der Waals surface area (Å²) < 4.78 is 0. The third-order valence-electron chi connectivity index (χ3n) is 3.65. The molecule has 4 N–H and O–H groups in total. The van der Waals surface area contributed by atoms with E-state index >= 15 is 0 Å². The number of aliphatic hydroxyl groups is 1. The topological polar surface area (TPSA) is 58.3 Å². The molecule has 102 valence electrons. The fraction of sp³-hybridized carbons (Fsp3) is 0.714. The normalized spacial score (nSPS) is 26.8. The molecule has 1 aliphatic heterocycles. The number of hydrogen-bond acceptors (Lipinski definition) is 4. The molecule has 1 aromatic rings. The predicted molar refractivity (Wildman–Crippen MR) is 76.7 cm³/mol. The van der Waals surface area contributed by atoms with Crippen molar-refractivity contribution in [3.8, 4) is 0 Å². The Bertz CT molecular complexity index is 395. The highest BCUT2D eigenvalue weighted by Gasteiger charge is 2.49.